The van der Waals surface area contributed by atoms with Crippen LogP contribution in [0, 0.1) is 11.3 Å². The molecule has 3 aromatic rings. The normalized spacial score (nSPS) is 12.2. The van der Waals surface area contributed by atoms with Crippen molar-refractivity contribution in [3.63, 3.8) is 0 Å². The Bertz CT molecular complexity index is 1340. The maximum atomic E-state index is 13.2. The van der Waals surface area contributed by atoms with Crippen LogP contribution in [0.3, 0.4) is 0 Å². The molecule has 0 aliphatic rings. The molecule has 0 atom stereocenters. The minimum absolute atomic E-state index is 0.00953. The number of carbonyl (C=O) groups excluding carboxylic acids is 1. The maximum Gasteiger partial charge on any atom is 0.387 e. The Morgan fingerprint density at radius 2 is 1.91 bits per heavy atom. The number of hydrogen-bond acceptors (Lipinski definition) is 5. The Morgan fingerprint density at radius 1 is 1.22 bits per heavy atom. The molecule has 0 radical (unpaired) electrons. The Morgan fingerprint density at radius 3 is 2.50 bits per heavy atom. The first kappa shape index (κ1) is 22.7. The van der Waals surface area contributed by atoms with Gasteiger partial charge in [-0.25, -0.2) is 0 Å². The molecule has 0 aliphatic heterocycles. The summed E-state index contributed by atoms with van der Waals surface area (Å²) in [5, 5.41) is 12.2. The third kappa shape index (κ3) is 5.17. The summed E-state index contributed by atoms with van der Waals surface area (Å²) in [6, 6.07) is 16.3. The molecule has 32 heavy (non-hydrogen) atoms. The largest absolute Gasteiger partial charge is 0.435 e. The molecule has 3 rings (SSSR count). The minimum atomic E-state index is -2.94. The monoisotopic (exact) mass is 453 g/mol. The molecule has 0 fully saturated rings. The van der Waals surface area contributed by atoms with E-state index in [0.29, 0.717) is 11.3 Å². The molecule has 9 heteroatoms. The van der Waals surface area contributed by atoms with Gasteiger partial charge in [0.15, 0.2) is 5.57 Å². The van der Waals surface area contributed by atoms with E-state index in [4.69, 9.17) is 0 Å². The van der Waals surface area contributed by atoms with Crippen LogP contribution in [0.25, 0.3) is 17.3 Å². The summed E-state index contributed by atoms with van der Waals surface area (Å²) in [6.07, 6.45) is 3.03. The highest BCUT2D eigenvalue weighted by Gasteiger charge is 2.16. The van der Waals surface area contributed by atoms with Gasteiger partial charge in [0.05, 0.1) is 10.2 Å². The maximum absolute atomic E-state index is 13.2. The predicted octanol–water partition coefficient (Wildman–Crippen LogP) is 2.31. The van der Waals surface area contributed by atoms with Gasteiger partial charge in [-0.05, 0) is 35.9 Å². The second-order valence-corrected chi connectivity index (χ2v) is 7.36. The van der Waals surface area contributed by atoms with Crippen LogP contribution >= 0.6 is 11.3 Å². The van der Waals surface area contributed by atoms with Crippen molar-refractivity contribution < 1.29 is 18.3 Å². The number of rotatable bonds is 7. The molecule has 1 N–H and O–H groups in total. The van der Waals surface area contributed by atoms with Gasteiger partial charge in [0.2, 0.25) is 0 Å². The third-order valence-corrected chi connectivity index (χ3v) is 5.29. The fourth-order valence-electron chi connectivity index (χ4n) is 2.81. The number of carbonyl (C=O) groups is 1. The number of ether oxygens (including phenoxy) is 1. The Labute approximate surface area is 185 Å². The highest BCUT2D eigenvalue weighted by Crippen LogP contribution is 2.15. The Hall–Kier alpha value is -4.03. The lowest BCUT2D eigenvalue weighted by molar-refractivity contribution is -0.115. The molecule has 0 spiro atoms. The van der Waals surface area contributed by atoms with E-state index in [1.165, 1.54) is 34.9 Å². The molecule has 0 bridgehead atoms. The molecule has 2 aromatic carbocycles. The highest BCUT2D eigenvalue weighted by molar-refractivity contribution is 7.07. The van der Waals surface area contributed by atoms with Gasteiger partial charge >= 0.3 is 6.61 Å². The van der Waals surface area contributed by atoms with Gasteiger partial charge < -0.3 is 10.1 Å². The number of hydrogen-bond donors (Lipinski definition) is 1. The van der Waals surface area contributed by atoms with Gasteiger partial charge in [0.1, 0.15) is 16.5 Å². The van der Waals surface area contributed by atoms with Crippen molar-refractivity contribution >= 4 is 28.9 Å². The average Bonchev–Trinajstić information content (AvgIpc) is 3.10. The fraction of sp³-hybridized carbons (Fsp3) is 0.0870. The molecule has 1 heterocycles. The number of nitrogens with one attached hydrogen (secondary N) is 1. The van der Waals surface area contributed by atoms with Crippen LogP contribution in [0.2, 0.25) is 0 Å². The first-order valence-corrected chi connectivity index (χ1v) is 10.1. The quantitative estimate of drug-likeness (QED) is 0.557. The summed E-state index contributed by atoms with van der Waals surface area (Å²) >= 11 is 0.983. The first-order valence-electron chi connectivity index (χ1n) is 9.32. The molecule has 162 valence electrons. The third-order valence-electron chi connectivity index (χ3n) is 4.20. The predicted molar refractivity (Wildman–Crippen MR) is 118 cm³/mol. The summed E-state index contributed by atoms with van der Waals surface area (Å²) in [7, 11) is 0. The smallest absolute Gasteiger partial charge is 0.387 e. The van der Waals surface area contributed by atoms with Gasteiger partial charge in [0, 0.05) is 6.54 Å². The molecule has 1 amide bonds. The number of thiazole rings is 1. The molecular formula is C23H17F2N3O3S. The van der Waals surface area contributed by atoms with E-state index in [0.717, 1.165) is 11.3 Å². The summed E-state index contributed by atoms with van der Waals surface area (Å²) in [6.45, 7) is 0.756. The van der Waals surface area contributed by atoms with Crippen LogP contribution in [0.5, 0.6) is 5.75 Å². The van der Waals surface area contributed by atoms with Gasteiger partial charge in [0.25, 0.3) is 11.5 Å². The van der Waals surface area contributed by atoms with Crippen LogP contribution < -0.4 is 24.8 Å². The van der Waals surface area contributed by atoms with E-state index in [2.05, 4.69) is 16.6 Å². The summed E-state index contributed by atoms with van der Waals surface area (Å²) < 4.78 is 30.7. The zero-order valence-corrected chi connectivity index (χ0v) is 17.4. The van der Waals surface area contributed by atoms with E-state index >= 15 is 0 Å². The number of nitrogens with zero attached hydrogens (tertiary/aromatic N) is 2. The molecule has 1 aromatic heterocycles. The zero-order valence-electron chi connectivity index (χ0n) is 16.6. The Kier molecular flexibility index (Phi) is 7.31. The van der Waals surface area contributed by atoms with Gasteiger partial charge in [-0.1, -0.05) is 36.4 Å². The average molecular weight is 453 g/mol. The number of benzene rings is 2. The Balaban J connectivity index is 2.22. The standard InChI is InChI=1S/C23H17F2N3O3S/c1-2-12-27-20(29)18(14-26)22-28(16-6-4-3-5-7-16)21(30)19(32-22)13-15-8-10-17(11-9-15)31-23(24)25/h2-11,13,23H,1,12H2,(H,27,29)/b19-13+,22-18-. The van der Waals surface area contributed by atoms with Crippen LogP contribution in [-0.4, -0.2) is 23.6 Å². The molecule has 6 nitrogen and oxygen atoms in total. The van der Waals surface area contributed by atoms with Crippen molar-refractivity contribution in [2.75, 3.05) is 6.54 Å². The number of aromatic nitrogens is 1. The minimum Gasteiger partial charge on any atom is -0.435 e. The van der Waals surface area contributed by atoms with E-state index in [1.807, 2.05) is 6.07 Å². The van der Waals surface area contributed by atoms with Crippen molar-refractivity contribution in [1.29, 1.82) is 5.26 Å². The fourth-order valence-corrected chi connectivity index (χ4v) is 3.91. The number of amides is 1. The number of halogens is 2. The second kappa shape index (κ2) is 10.3. The lowest BCUT2D eigenvalue weighted by Crippen LogP contribution is -2.33. The van der Waals surface area contributed by atoms with E-state index in [1.54, 1.807) is 36.4 Å². The summed E-state index contributed by atoms with van der Waals surface area (Å²) in [5.74, 6) is -0.636. The van der Waals surface area contributed by atoms with Crippen LogP contribution in [0.4, 0.5) is 8.78 Å². The molecule has 0 saturated carbocycles. The molecule has 0 aliphatic carbocycles. The summed E-state index contributed by atoms with van der Waals surface area (Å²) in [5.41, 5.74) is 0.422. The van der Waals surface area contributed by atoms with Gasteiger partial charge in [-0.15, -0.1) is 17.9 Å². The topological polar surface area (TPSA) is 84.1 Å². The number of alkyl halides is 2. The molecule has 0 saturated heterocycles. The van der Waals surface area contributed by atoms with Crippen molar-refractivity contribution in [3.05, 3.63) is 92.4 Å². The van der Waals surface area contributed by atoms with Crippen molar-refractivity contribution in [2.24, 2.45) is 0 Å². The second-order valence-electron chi connectivity index (χ2n) is 6.32. The lowest BCUT2D eigenvalue weighted by Gasteiger charge is -2.04. The van der Waals surface area contributed by atoms with E-state index in [-0.39, 0.29) is 27.1 Å². The molecule has 0 unspecified atom stereocenters. The number of para-hydroxylation sites is 1. The summed E-state index contributed by atoms with van der Waals surface area (Å²) in [4.78, 5) is 25.7. The van der Waals surface area contributed by atoms with Crippen molar-refractivity contribution in [1.82, 2.24) is 9.88 Å². The SMILES string of the molecule is C=CCNC(=O)/C(C#N)=c1\s/c(=C/c2ccc(OC(F)F)cc2)c(=O)n1-c1ccccc1. The van der Waals surface area contributed by atoms with Crippen LogP contribution in [0.15, 0.2) is 72.0 Å². The van der Waals surface area contributed by atoms with Crippen molar-refractivity contribution in [3.8, 4) is 17.5 Å². The van der Waals surface area contributed by atoms with E-state index in [9.17, 15) is 23.6 Å². The van der Waals surface area contributed by atoms with Crippen molar-refractivity contribution in [2.45, 2.75) is 6.61 Å². The molecular weight excluding hydrogens is 436 g/mol. The van der Waals surface area contributed by atoms with Crippen LogP contribution in [-0.2, 0) is 4.79 Å². The highest BCUT2D eigenvalue weighted by atomic mass is 32.1. The first-order chi connectivity index (χ1) is 15.4. The van der Waals surface area contributed by atoms with E-state index < -0.39 is 18.1 Å². The van der Waals surface area contributed by atoms with Crippen LogP contribution in [0.1, 0.15) is 5.56 Å². The van der Waals surface area contributed by atoms with Gasteiger partial charge in [-0.3, -0.25) is 14.2 Å². The zero-order chi connectivity index (χ0) is 23.1. The lowest BCUT2D eigenvalue weighted by atomic mass is 10.2. The van der Waals surface area contributed by atoms with Gasteiger partial charge in [-0.2, -0.15) is 14.0 Å². The number of nitriles is 1.